The number of carbonyl (C=O) groups excluding carboxylic acids is 1. The zero-order valence-electron chi connectivity index (χ0n) is 9.56. The molecule has 0 aliphatic heterocycles. The van der Waals surface area contributed by atoms with Crippen LogP contribution in [0.25, 0.3) is 0 Å². The van der Waals surface area contributed by atoms with Crippen molar-refractivity contribution in [2.75, 3.05) is 13.1 Å². The summed E-state index contributed by atoms with van der Waals surface area (Å²) in [5.74, 6) is -1.13. The summed E-state index contributed by atoms with van der Waals surface area (Å²) >= 11 is 0. The van der Waals surface area contributed by atoms with E-state index in [4.69, 9.17) is 15.6 Å². The fourth-order valence-electron chi connectivity index (χ4n) is 1.28. The average Bonchev–Trinajstić information content (AvgIpc) is 2.28. The number of nitriles is 2. The summed E-state index contributed by atoms with van der Waals surface area (Å²) in [6.07, 6.45) is 0.815. The maximum Gasteiger partial charge on any atom is 0.303 e. The second kappa shape index (κ2) is 9.17. The van der Waals surface area contributed by atoms with E-state index in [-0.39, 0.29) is 38.0 Å². The first-order chi connectivity index (χ1) is 8.11. The third kappa shape index (κ3) is 7.80. The molecule has 0 saturated carbocycles. The van der Waals surface area contributed by atoms with Crippen molar-refractivity contribution in [3.05, 3.63) is 0 Å². The first kappa shape index (κ1) is 14.9. The molecular weight excluding hydrogens is 222 g/mol. The van der Waals surface area contributed by atoms with Gasteiger partial charge in [-0.05, 0) is 6.42 Å². The van der Waals surface area contributed by atoms with Gasteiger partial charge in [-0.3, -0.25) is 9.59 Å². The van der Waals surface area contributed by atoms with Crippen LogP contribution in [0.1, 0.15) is 32.1 Å². The van der Waals surface area contributed by atoms with Crippen LogP contribution in [0.15, 0.2) is 0 Å². The van der Waals surface area contributed by atoms with Gasteiger partial charge in [0.15, 0.2) is 0 Å². The van der Waals surface area contributed by atoms with Crippen molar-refractivity contribution in [2.45, 2.75) is 32.1 Å². The standard InChI is InChI=1S/C11H15N3O3/c12-6-2-8-14(9-3-7-13)10(15)4-1-5-11(16)17/h1-5,8-9H2,(H,16,17). The molecule has 0 aromatic rings. The molecule has 6 heteroatoms. The van der Waals surface area contributed by atoms with Crippen molar-refractivity contribution in [3.8, 4) is 12.1 Å². The Morgan fingerprint density at radius 2 is 1.59 bits per heavy atom. The van der Waals surface area contributed by atoms with Gasteiger partial charge >= 0.3 is 5.97 Å². The summed E-state index contributed by atoms with van der Waals surface area (Å²) in [4.78, 5) is 23.4. The molecule has 6 nitrogen and oxygen atoms in total. The van der Waals surface area contributed by atoms with Gasteiger partial charge in [-0.1, -0.05) is 0 Å². The summed E-state index contributed by atoms with van der Waals surface area (Å²) < 4.78 is 0. The van der Waals surface area contributed by atoms with Crippen LogP contribution < -0.4 is 0 Å². The van der Waals surface area contributed by atoms with E-state index in [0.29, 0.717) is 13.1 Å². The van der Waals surface area contributed by atoms with Gasteiger partial charge in [-0.2, -0.15) is 10.5 Å². The summed E-state index contributed by atoms with van der Waals surface area (Å²) in [7, 11) is 0. The molecule has 0 heterocycles. The van der Waals surface area contributed by atoms with E-state index >= 15 is 0 Å². The van der Waals surface area contributed by atoms with Crippen molar-refractivity contribution in [1.29, 1.82) is 10.5 Å². The Hall–Kier alpha value is -2.08. The van der Waals surface area contributed by atoms with Crippen LogP contribution in [0, 0.1) is 22.7 Å². The summed E-state index contributed by atoms with van der Waals surface area (Å²) in [6.45, 7) is 0.591. The summed E-state index contributed by atoms with van der Waals surface area (Å²) in [5.41, 5.74) is 0. The zero-order valence-corrected chi connectivity index (χ0v) is 9.56. The molecule has 0 aromatic heterocycles. The summed E-state index contributed by atoms with van der Waals surface area (Å²) in [5, 5.41) is 25.3. The van der Waals surface area contributed by atoms with Crippen molar-refractivity contribution in [3.63, 3.8) is 0 Å². The fourth-order valence-corrected chi connectivity index (χ4v) is 1.28. The van der Waals surface area contributed by atoms with Crippen molar-refractivity contribution in [1.82, 2.24) is 4.90 Å². The van der Waals surface area contributed by atoms with Gasteiger partial charge in [-0.25, -0.2) is 0 Å². The second-order valence-electron chi connectivity index (χ2n) is 3.44. The maximum atomic E-state index is 11.7. The lowest BCUT2D eigenvalue weighted by Crippen LogP contribution is -2.32. The number of rotatable bonds is 8. The van der Waals surface area contributed by atoms with E-state index < -0.39 is 5.97 Å². The average molecular weight is 237 g/mol. The molecule has 1 amide bonds. The Bertz CT molecular complexity index is 323. The Labute approximate surface area is 100 Å². The molecular formula is C11H15N3O3. The Morgan fingerprint density at radius 3 is 2.00 bits per heavy atom. The zero-order chi connectivity index (χ0) is 13.1. The topological polar surface area (TPSA) is 105 Å². The van der Waals surface area contributed by atoms with Crippen LogP contribution >= 0.6 is 0 Å². The van der Waals surface area contributed by atoms with Gasteiger partial charge < -0.3 is 10.0 Å². The van der Waals surface area contributed by atoms with Crippen LogP contribution in [-0.2, 0) is 9.59 Å². The molecule has 0 atom stereocenters. The van der Waals surface area contributed by atoms with E-state index in [1.807, 2.05) is 12.1 Å². The molecule has 0 aliphatic rings. The molecule has 0 aromatic carbocycles. The molecule has 92 valence electrons. The molecule has 17 heavy (non-hydrogen) atoms. The quantitative estimate of drug-likeness (QED) is 0.675. The highest BCUT2D eigenvalue weighted by atomic mass is 16.4. The predicted octanol–water partition coefficient (Wildman–Crippen LogP) is 0.897. The molecule has 0 fully saturated rings. The smallest absolute Gasteiger partial charge is 0.303 e. The molecule has 0 bridgehead atoms. The number of hydrogen-bond acceptors (Lipinski definition) is 4. The first-order valence-electron chi connectivity index (χ1n) is 5.35. The largest absolute Gasteiger partial charge is 0.481 e. The van der Waals surface area contributed by atoms with Crippen LogP contribution in [0.3, 0.4) is 0 Å². The normalized spacial score (nSPS) is 9.06. The van der Waals surface area contributed by atoms with Crippen LogP contribution in [-0.4, -0.2) is 35.0 Å². The van der Waals surface area contributed by atoms with E-state index in [1.54, 1.807) is 0 Å². The third-order valence-corrected chi connectivity index (χ3v) is 2.12. The van der Waals surface area contributed by atoms with Crippen molar-refractivity contribution < 1.29 is 14.7 Å². The Kier molecular flexibility index (Phi) is 8.05. The lowest BCUT2D eigenvalue weighted by atomic mass is 10.2. The number of amides is 1. The minimum atomic E-state index is -0.932. The SMILES string of the molecule is N#CCCN(CCC#N)C(=O)CCCC(=O)O. The number of aliphatic carboxylic acids is 1. The number of hydrogen-bond donors (Lipinski definition) is 1. The van der Waals surface area contributed by atoms with Gasteiger partial charge in [0.05, 0.1) is 25.0 Å². The lowest BCUT2D eigenvalue weighted by Gasteiger charge is -2.20. The number of carbonyl (C=O) groups is 2. The highest BCUT2D eigenvalue weighted by Crippen LogP contribution is 2.03. The predicted molar refractivity (Wildman–Crippen MR) is 58.5 cm³/mol. The monoisotopic (exact) mass is 237 g/mol. The van der Waals surface area contributed by atoms with Gasteiger partial charge in [0.25, 0.3) is 0 Å². The van der Waals surface area contributed by atoms with Gasteiger partial charge in [-0.15, -0.1) is 0 Å². The molecule has 0 rings (SSSR count). The molecule has 0 aliphatic carbocycles. The minimum absolute atomic E-state index is 0.0456. The molecule has 0 radical (unpaired) electrons. The van der Waals surface area contributed by atoms with Gasteiger partial charge in [0.1, 0.15) is 0 Å². The highest BCUT2D eigenvalue weighted by molar-refractivity contribution is 5.77. The third-order valence-electron chi connectivity index (χ3n) is 2.12. The van der Waals surface area contributed by atoms with E-state index in [1.165, 1.54) is 4.90 Å². The van der Waals surface area contributed by atoms with E-state index in [0.717, 1.165) is 0 Å². The number of carboxylic acid groups (broad SMARTS) is 1. The summed E-state index contributed by atoms with van der Waals surface area (Å²) in [6, 6.07) is 3.87. The molecule has 0 spiro atoms. The van der Waals surface area contributed by atoms with Gasteiger partial charge in [0, 0.05) is 25.9 Å². The lowest BCUT2D eigenvalue weighted by molar-refractivity contribution is -0.137. The Balaban J connectivity index is 4.08. The minimum Gasteiger partial charge on any atom is -0.481 e. The maximum absolute atomic E-state index is 11.7. The molecule has 0 unspecified atom stereocenters. The second-order valence-corrected chi connectivity index (χ2v) is 3.44. The van der Waals surface area contributed by atoms with Crippen LogP contribution in [0.4, 0.5) is 0 Å². The van der Waals surface area contributed by atoms with Gasteiger partial charge in [0.2, 0.25) is 5.91 Å². The first-order valence-corrected chi connectivity index (χ1v) is 5.35. The highest BCUT2D eigenvalue weighted by Gasteiger charge is 2.12. The fraction of sp³-hybridized carbons (Fsp3) is 0.636. The van der Waals surface area contributed by atoms with E-state index in [2.05, 4.69) is 0 Å². The van der Waals surface area contributed by atoms with Crippen molar-refractivity contribution in [2.24, 2.45) is 0 Å². The Morgan fingerprint density at radius 1 is 1.06 bits per heavy atom. The van der Waals surface area contributed by atoms with Crippen LogP contribution in [0.5, 0.6) is 0 Å². The number of nitrogens with zero attached hydrogens (tertiary/aromatic N) is 3. The number of carboxylic acids is 1. The van der Waals surface area contributed by atoms with Crippen molar-refractivity contribution >= 4 is 11.9 Å². The van der Waals surface area contributed by atoms with E-state index in [9.17, 15) is 9.59 Å². The molecule has 1 N–H and O–H groups in total. The van der Waals surface area contributed by atoms with Crippen LogP contribution in [0.2, 0.25) is 0 Å². The molecule has 0 saturated heterocycles.